The van der Waals surface area contributed by atoms with Crippen molar-refractivity contribution in [2.75, 3.05) is 25.2 Å². The van der Waals surface area contributed by atoms with Crippen LogP contribution in [0.5, 0.6) is 5.75 Å². The first-order valence-corrected chi connectivity index (χ1v) is 13.0. The van der Waals surface area contributed by atoms with E-state index in [4.69, 9.17) is 14.5 Å². The standard InChI is InChI=1S/C31H30N4O3/c1-20-7-8-23-17-21(9-11-26(23)33-30(20)34-31(36)37-2)22-10-12-29-24(18-22)19-35(15-16-38-29)28-13-14-32-27-6-4-3-5-25(27)28/h3-6,9-14,17-18,20H,7-8,15-16,19H2,1-2H3,(H,33,34,36). The van der Waals surface area contributed by atoms with Crippen LogP contribution < -0.4 is 15.0 Å². The number of pyridine rings is 1. The normalized spacial score (nSPS) is 16.8. The van der Waals surface area contributed by atoms with Gasteiger partial charge in [-0.15, -0.1) is 0 Å². The minimum absolute atomic E-state index is 0.129. The number of ether oxygens (including phenoxy) is 2. The Labute approximate surface area is 222 Å². The number of carbonyl (C=O) groups excluding carboxylic acids is 1. The maximum Gasteiger partial charge on any atom is 0.412 e. The third kappa shape index (κ3) is 4.67. The van der Waals surface area contributed by atoms with Crippen LogP contribution in [0.4, 0.5) is 16.2 Å². The summed E-state index contributed by atoms with van der Waals surface area (Å²) in [6.07, 6.45) is 3.17. The molecule has 1 amide bonds. The summed E-state index contributed by atoms with van der Waals surface area (Å²) >= 11 is 0. The Hall–Kier alpha value is -4.39. The van der Waals surface area contributed by atoms with Gasteiger partial charge in [-0.3, -0.25) is 10.3 Å². The molecule has 38 heavy (non-hydrogen) atoms. The smallest absolute Gasteiger partial charge is 0.412 e. The topological polar surface area (TPSA) is 76.0 Å². The number of fused-ring (bicyclic) bond motifs is 3. The van der Waals surface area contributed by atoms with E-state index in [1.807, 2.05) is 18.3 Å². The first-order chi connectivity index (χ1) is 18.6. The second-order valence-corrected chi connectivity index (χ2v) is 9.84. The third-order valence-corrected chi connectivity index (χ3v) is 7.39. The molecule has 2 aliphatic heterocycles. The van der Waals surface area contributed by atoms with Crippen LogP contribution in [0.2, 0.25) is 0 Å². The van der Waals surface area contributed by atoms with Crippen LogP contribution in [0, 0.1) is 5.92 Å². The van der Waals surface area contributed by atoms with Gasteiger partial charge in [0.1, 0.15) is 18.2 Å². The van der Waals surface area contributed by atoms with Gasteiger partial charge in [0, 0.05) is 35.3 Å². The number of alkyl carbamates (subject to hydrolysis) is 1. The van der Waals surface area contributed by atoms with Gasteiger partial charge in [-0.25, -0.2) is 9.79 Å². The molecular weight excluding hydrogens is 476 g/mol. The minimum Gasteiger partial charge on any atom is -0.491 e. The first-order valence-electron chi connectivity index (χ1n) is 13.0. The highest BCUT2D eigenvalue weighted by Gasteiger charge is 2.21. The zero-order valence-corrected chi connectivity index (χ0v) is 21.6. The van der Waals surface area contributed by atoms with Crippen LogP contribution in [0.1, 0.15) is 24.5 Å². The van der Waals surface area contributed by atoms with Crippen molar-refractivity contribution >= 4 is 34.2 Å². The Morgan fingerprint density at radius 2 is 1.87 bits per heavy atom. The Kier molecular flexibility index (Phi) is 6.42. The molecule has 4 aromatic rings. The van der Waals surface area contributed by atoms with E-state index in [-0.39, 0.29) is 5.92 Å². The Morgan fingerprint density at radius 3 is 2.74 bits per heavy atom. The Morgan fingerprint density at radius 1 is 1.05 bits per heavy atom. The molecule has 3 heterocycles. The summed E-state index contributed by atoms with van der Waals surface area (Å²) < 4.78 is 10.9. The number of aromatic nitrogens is 1. The van der Waals surface area contributed by atoms with Crippen molar-refractivity contribution in [3.63, 3.8) is 0 Å². The maximum atomic E-state index is 11.8. The number of rotatable bonds is 2. The quantitative estimate of drug-likeness (QED) is 0.347. The molecule has 7 heteroatoms. The number of para-hydroxylation sites is 1. The summed E-state index contributed by atoms with van der Waals surface area (Å²) in [6, 6.07) is 23.2. The maximum absolute atomic E-state index is 11.8. The van der Waals surface area contributed by atoms with E-state index in [0.29, 0.717) is 12.4 Å². The monoisotopic (exact) mass is 506 g/mol. The Balaban J connectivity index is 1.31. The summed E-state index contributed by atoms with van der Waals surface area (Å²) in [6.45, 7) is 4.26. The zero-order valence-electron chi connectivity index (χ0n) is 21.6. The summed E-state index contributed by atoms with van der Waals surface area (Å²) in [5, 5.41) is 3.93. The number of aryl methyl sites for hydroxylation is 1. The van der Waals surface area contributed by atoms with E-state index in [1.165, 1.54) is 18.4 Å². The molecule has 1 atom stereocenters. The number of methoxy groups -OCH3 is 1. The fourth-order valence-corrected chi connectivity index (χ4v) is 5.27. The average Bonchev–Trinajstić information content (AvgIpc) is 3.26. The van der Waals surface area contributed by atoms with Gasteiger partial charge in [0.25, 0.3) is 0 Å². The van der Waals surface area contributed by atoms with E-state index >= 15 is 0 Å². The highest BCUT2D eigenvalue weighted by atomic mass is 16.5. The number of nitrogens with one attached hydrogen (secondary N) is 1. The molecule has 7 nitrogen and oxygen atoms in total. The van der Waals surface area contributed by atoms with Crippen LogP contribution in [-0.4, -0.2) is 37.2 Å². The molecule has 0 fully saturated rings. The fourth-order valence-electron chi connectivity index (χ4n) is 5.27. The number of hydrogen-bond acceptors (Lipinski definition) is 6. The molecule has 1 N–H and O–H groups in total. The van der Waals surface area contributed by atoms with Crippen LogP contribution in [-0.2, 0) is 17.7 Å². The number of amidine groups is 1. The van der Waals surface area contributed by atoms with Gasteiger partial charge in [-0.2, -0.15) is 0 Å². The molecule has 2 aliphatic rings. The molecular formula is C31H30N4O3. The molecule has 0 aliphatic carbocycles. The Bertz CT molecular complexity index is 1540. The van der Waals surface area contributed by atoms with Crippen molar-refractivity contribution in [2.45, 2.75) is 26.3 Å². The van der Waals surface area contributed by atoms with Crippen molar-refractivity contribution in [3.05, 3.63) is 84.1 Å². The van der Waals surface area contributed by atoms with E-state index in [9.17, 15) is 4.79 Å². The first kappa shape index (κ1) is 24.0. The second kappa shape index (κ2) is 10.2. The summed E-state index contributed by atoms with van der Waals surface area (Å²) in [5.41, 5.74) is 7.68. The molecule has 6 rings (SSSR count). The van der Waals surface area contributed by atoms with Gasteiger partial charge in [-0.1, -0.05) is 37.3 Å². The summed E-state index contributed by atoms with van der Waals surface area (Å²) in [4.78, 5) is 23.5. The lowest BCUT2D eigenvalue weighted by atomic mass is 9.96. The van der Waals surface area contributed by atoms with Crippen molar-refractivity contribution in [3.8, 4) is 16.9 Å². The largest absolute Gasteiger partial charge is 0.491 e. The predicted octanol–water partition coefficient (Wildman–Crippen LogP) is 6.27. The lowest BCUT2D eigenvalue weighted by molar-refractivity contribution is 0.176. The molecule has 1 aromatic heterocycles. The van der Waals surface area contributed by atoms with Gasteiger partial charge >= 0.3 is 6.09 Å². The van der Waals surface area contributed by atoms with E-state index in [0.717, 1.165) is 65.0 Å². The van der Waals surface area contributed by atoms with Crippen molar-refractivity contribution in [1.82, 2.24) is 10.3 Å². The molecule has 0 radical (unpaired) electrons. The van der Waals surface area contributed by atoms with Crippen LogP contribution in [0.25, 0.3) is 22.0 Å². The number of anilines is 1. The van der Waals surface area contributed by atoms with Gasteiger partial charge in [0.05, 0.1) is 24.9 Å². The lowest BCUT2D eigenvalue weighted by Crippen LogP contribution is -2.34. The van der Waals surface area contributed by atoms with Gasteiger partial charge in [0.15, 0.2) is 0 Å². The number of hydrogen-bond donors (Lipinski definition) is 1. The molecule has 3 aromatic carbocycles. The number of nitrogens with zero attached hydrogens (tertiary/aromatic N) is 3. The molecule has 0 bridgehead atoms. The summed E-state index contributed by atoms with van der Waals surface area (Å²) in [5.74, 6) is 1.71. The van der Waals surface area contributed by atoms with Gasteiger partial charge in [-0.05, 0) is 65.9 Å². The lowest BCUT2D eigenvalue weighted by Gasteiger charge is -2.23. The molecule has 0 saturated carbocycles. The molecule has 0 saturated heterocycles. The predicted molar refractivity (Wildman–Crippen MR) is 150 cm³/mol. The van der Waals surface area contributed by atoms with E-state index in [2.05, 4.69) is 76.7 Å². The summed E-state index contributed by atoms with van der Waals surface area (Å²) in [7, 11) is 1.36. The van der Waals surface area contributed by atoms with Gasteiger partial charge in [0.2, 0.25) is 0 Å². The van der Waals surface area contributed by atoms with Crippen LogP contribution in [0.3, 0.4) is 0 Å². The van der Waals surface area contributed by atoms with E-state index in [1.54, 1.807) is 0 Å². The van der Waals surface area contributed by atoms with Gasteiger partial charge < -0.3 is 14.4 Å². The minimum atomic E-state index is -0.489. The second-order valence-electron chi connectivity index (χ2n) is 9.84. The molecule has 1 unspecified atom stereocenters. The number of aliphatic imine (C=N–C) groups is 1. The third-order valence-electron chi connectivity index (χ3n) is 7.39. The molecule has 192 valence electrons. The SMILES string of the molecule is COC(=O)NC1=Nc2ccc(-c3ccc4c(c3)CN(c3ccnc5ccccc35)CCO4)cc2CCC1C. The zero-order chi connectivity index (χ0) is 26.1. The fraction of sp³-hybridized carbons (Fsp3) is 0.258. The van der Waals surface area contributed by atoms with Crippen molar-refractivity contribution in [1.29, 1.82) is 0 Å². The number of amides is 1. The highest BCUT2D eigenvalue weighted by Crippen LogP contribution is 2.35. The van der Waals surface area contributed by atoms with Crippen LogP contribution >= 0.6 is 0 Å². The highest BCUT2D eigenvalue weighted by molar-refractivity contribution is 5.98. The van der Waals surface area contributed by atoms with Crippen molar-refractivity contribution in [2.24, 2.45) is 10.9 Å². The van der Waals surface area contributed by atoms with Crippen molar-refractivity contribution < 1.29 is 14.3 Å². The molecule has 0 spiro atoms. The number of carbonyl (C=O) groups is 1. The average molecular weight is 507 g/mol. The van der Waals surface area contributed by atoms with E-state index < -0.39 is 6.09 Å². The van der Waals surface area contributed by atoms with Crippen LogP contribution in [0.15, 0.2) is 77.9 Å². The number of benzene rings is 3.